The smallest absolute Gasteiger partial charge is 0.231 e. The fraction of sp³-hybridized carbons (Fsp3) is 0.667. The van der Waals surface area contributed by atoms with Crippen molar-refractivity contribution >= 4 is 5.96 Å². The Labute approximate surface area is 163 Å². The molecule has 1 fully saturated rings. The van der Waals surface area contributed by atoms with Gasteiger partial charge in [-0.25, -0.2) is 0 Å². The predicted octanol–water partition coefficient (Wildman–Crippen LogP) is 2.63. The van der Waals surface area contributed by atoms with E-state index >= 15 is 0 Å². The van der Waals surface area contributed by atoms with Gasteiger partial charge in [0.25, 0.3) is 0 Å². The largest absolute Gasteiger partial charge is 0.454 e. The van der Waals surface area contributed by atoms with E-state index in [2.05, 4.69) is 48.4 Å². The van der Waals surface area contributed by atoms with Crippen LogP contribution in [0, 0.1) is 5.92 Å². The highest BCUT2D eigenvalue weighted by atomic mass is 16.7. The first-order valence-electron chi connectivity index (χ1n) is 10.3. The fourth-order valence-electron chi connectivity index (χ4n) is 3.70. The maximum Gasteiger partial charge on any atom is 0.231 e. The van der Waals surface area contributed by atoms with Crippen molar-refractivity contribution in [3.8, 4) is 11.5 Å². The number of hydrogen-bond donors (Lipinski definition) is 2. The number of nitrogens with one attached hydrogen (secondary N) is 2. The molecule has 0 amide bonds. The average Bonchev–Trinajstić information content (AvgIpc) is 3.14. The second-order valence-corrected chi connectivity index (χ2v) is 7.68. The van der Waals surface area contributed by atoms with Crippen LogP contribution in [0.3, 0.4) is 0 Å². The number of ether oxygens (including phenoxy) is 2. The van der Waals surface area contributed by atoms with Gasteiger partial charge in [-0.05, 0) is 70.2 Å². The van der Waals surface area contributed by atoms with Crippen molar-refractivity contribution < 1.29 is 9.47 Å². The number of hydrogen-bond acceptors (Lipinski definition) is 4. The van der Waals surface area contributed by atoms with Crippen LogP contribution in [-0.4, -0.2) is 56.4 Å². The fourth-order valence-corrected chi connectivity index (χ4v) is 3.70. The minimum absolute atomic E-state index is 0.323. The molecule has 2 N–H and O–H groups in total. The molecule has 2 aliphatic rings. The van der Waals surface area contributed by atoms with Gasteiger partial charge in [-0.15, -0.1) is 0 Å². The lowest BCUT2D eigenvalue weighted by Crippen LogP contribution is -2.42. The van der Waals surface area contributed by atoms with Gasteiger partial charge in [-0.3, -0.25) is 4.99 Å². The molecule has 0 radical (unpaired) electrons. The van der Waals surface area contributed by atoms with Gasteiger partial charge in [0.15, 0.2) is 17.5 Å². The summed E-state index contributed by atoms with van der Waals surface area (Å²) in [6.07, 6.45) is 3.49. The van der Waals surface area contributed by atoms with E-state index in [1.54, 1.807) is 0 Å². The van der Waals surface area contributed by atoms with E-state index < -0.39 is 0 Å². The molecule has 1 saturated heterocycles. The van der Waals surface area contributed by atoms with E-state index in [9.17, 15) is 0 Å². The van der Waals surface area contributed by atoms with Crippen molar-refractivity contribution in [2.75, 3.05) is 39.5 Å². The monoisotopic (exact) mass is 374 g/mol. The lowest BCUT2D eigenvalue weighted by Gasteiger charge is -2.34. The molecule has 0 aromatic heterocycles. The summed E-state index contributed by atoms with van der Waals surface area (Å²) in [5, 5.41) is 6.83. The summed E-state index contributed by atoms with van der Waals surface area (Å²) in [7, 11) is 0. The van der Waals surface area contributed by atoms with E-state index in [1.807, 2.05) is 6.07 Å². The van der Waals surface area contributed by atoms with Crippen LogP contribution in [0.25, 0.3) is 0 Å². The van der Waals surface area contributed by atoms with Crippen molar-refractivity contribution in [2.24, 2.45) is 10.9 Å². The zero-order valence-corrected chi connectivity index (χ0v) is 17.0. The highest BCUT2D eigenvalue weighted by molar-refractivity contribution is 5.79. The molecule has 0 bridgehead atoms. The molecule has 1 aromatic rings. The molecule has 1 unspecified atom stereocenters. The molecule has 6 nitrogen and oxygen atoms in total. The predicted molar refractivity (Wildman–Crippen MR) is 110 cm³/mol. The molecule has 150 valence electrons. The third kappa shape index (κ3) is 5.76. The van der Waals surface area contributed by atoms with E-state index in [4.69, 9.17) is 14.5 Å². The first kappa shape index (κ1) is 19.8. The molecule has 6 heteroatoms. The molecule has 0 saturated carbocycles. The maximum absolute atomic E-state index is 5.45. The Kier molecular flexibility index (Phi) is 7.21. The molecule has 27 heavy (non-hydrogen) atoms. The molecule has 2 aliphatic heterocycles. The normalized spacial score (nSPS) is 20.1. The minimum atomic E-state index is 0.323. The molecule has 3 rings (SSSR count). The second-order valence-electron chi connectivity index (χ2n) is 7.68. The van der Waals surface area contributed by atoms with Gasteiger partial charge in [0, 0.05) is 32.2 Å². The summed E-state index contributed by atoms with van der Waals surface area (Å²) >= 11 is 0. The summed E-state index contributed by atoms with van der Waals surface area (Å²) in [4.78, 5) is 7.42. The van der Waals surface area contributed by atoms with Gasteiger partial charge in [0.2, 0.25) is 6.79 Å². The Balaban J connectivity index is 1.47. The Bertz CT molecular complexity index is 633. The summed E-state index contributed by atoms with van der Waals surface area (Å²) in [6.45, 7) is 12.0. The third-order valence-corrected chi connectivity index (χ3v) is 5.28. The number of piperidine rings is 1. The number of benzene rings is 1. The van der Waals surface area contributed by atoms with Crippen LogP contribution in [0.1, 0.15) is 39.2 Å². The van der Waals surface area contributed by atoms with Crippen LogP contribution in [0.4, 0.5) is 0 Å². The molecule has 1 aromatic carbocycles. The van der Waals surface area contributed by atoms with Crippen molar-refractivity contribution in [1.82, 2.24) is 15.5 Å². The number of nitrogens with zero attached hydrogens (tertiary/aromatic N) is 2. The Morgan fingerprint density at radius 3 is 2.93 bits per heavy atom. The van der Waals surface area contributed by atoms with Crippen molar-refractivity contribution in [2.45, 2.75) is 46.1 Å². The number of fused-ring (bicyclic) bond motifs is 1. The maximum atomic E-state index is 5.45. The SMILES string of the molecule is CCNC(=NCC1CCCN(C(C)C)C1)NCCc1ccc2c(c1)OCO2. The third-order valence-electron chi connectivity index (χ3n) is 5.28. The summed E-state index contributed by atoms with van der Waals surface area (Å²) in [5.41, 5.74) is 1.24. The van der Waals surface area contributed by atoms with Crippen molar-refractivity contribution in [3.63, 3.8) is 0 Å². The number of aliphatic imine (C=N–C) groups is 1. The van der Waals surface area contributed by atoms with Crippen molar-refractivity contribution in [1.29, 1.82) is 0 Å². The van der Waals surface area contributed by atoms with Gasteiger partial charge in [0.1, 0.15) is 0 Å². The van der Waals surface area contributed by atoms with Crippen LogP contribution in [-0.2, 0) is 6.42 Å². The van der Waals surface area contributed by atoms with Gasteiger partial charge in [-0.2, -0.15) is 0 Å². The van der Waals surface area contributed by atoms with Crippen LogP contribution < -0.4 is 20.1 Å². The second kappa shape index (κ2) is 9.83. The zero-order chi connectivity index (χ0) is 19.1. The number of guanidine groups is 1. The molecule has 1 atom stereocenters. The van der Waals surface area contributed by atoms with E-state index in [0.29, 0.717) is 18.8 Å². The number of rotatable bonds is 7. The van der Waals surface area contributed by atoms with E-state index in [1.165, 1.54) is 24.9 Å². The van der Waals surface area contributed by atoms with Gasteiger partial charge in [-0.1, -0.05) is 6.07 Å². The highest BCUT2D eigenvalue weighted by Gasteiger charge is 2.21. The highest BCUT2D eigenvalue weighted by Crippen LogP contribution is 2.32. The van der Waals surface area contributed by atoms with Crippen LogP contribution in [0.15, 0.2) is 23.2 Å². The summed E-state index contributed by atoms with van der Waals surface area (Å²) in [5.74, 6) is 3.26. The van der Waals surface area contributed by atoms with Gasteiger partial charge >= 0.3 is 0 Å². The first-order chi connectivity index (χ1) is 13.2. The van der Waals surface area contributed by atoms with E-state index in [-0.39, 0.29) is 0 Å². The topological polar surface area (TPSA) is 58.1 Å². The lowest BCUT2D eigenvalue weighted by molar-refractivity contribution is 0.143. The molecule has 0 aliphatic carbocycles. The summed E-state index contributed by atoms with van der Waals surface area (Å²) < 4.78 is 10.8. The standard InChI is InChI=1S/C21H34N4O2/c1-4-22-21(24-13-18-6-5-11-25(14-18)16(2)3)23-10-9-17-7-8-19-20(12-17)27-15-26-19/h7-8,12,16,18H,4-6,9-11,13-15H2,1-3H3,(H2,22,23,24). The zero-order valence-electron chi connectivity index (χ0n) is 17.0. The molecule has 2 heterocycles. The first-order valence-corrected chi connectivity index (χ1v) is 10.3. The Hall–Kier alpha value is -1.95. The molecule has 0 spiro atoms. The molecular weight excluding hydrogens is 340 g/mol. The van der Waals surface area contributed by atoms with Gasteiger partial charge in [0.05, 0.1) is 0 Å². The van der Waals surface area contributed by atoms with Crippen LogP contribution in [0.5, 0.6) is 11.5 Å². The quantitative estimate of drug-likeness (QED) is 0.568. The lowest BCUT2D eigenvalue weighted by atomic mass is 9.97. The minimum Gasteiger partial charge on any atom is -0.454 e. The van der Waals surface area contributed by atoms with Gasteiger partial charge < -0.3 is 25.0 Å². The average molecular weight is 375 g/mol. The van der Waals surface area contributed by atoms with E-state index in [0.717, 1.165) is 50.1 Å². The Morgan fingerprint density at radius 2 is 2.11 bits per heavy atom. The van der Waals surface area contributed by atoms with Crippen molar-refractivity contribution in [3.05, 3.63) is 23.8 Å². The summed E-state index contributed by atoms with van der Waals surface area (Å²) in [6, 6.07) is 6.78. The molecular formula is C21H34N4O2. The van der Waals surface area contributed by atoms with Crippen LogP contribution in [0.2, 0.25) is 0 Å². The van der Waals surface area contributed by atoms with Crippen LogP contribution >= 0.6 is 0 Å². The Morgan fingerprint density at radius 1 is 1.26 bits per heavy atom. The number of likely N-dealkylation sites (tertiary alicyclic amines) is 1.